The van der Waals surface area contributed by atoms with E-state index in [0.717, 1.165) is 16.4 Å². The number of benzene rings is 2. The molecule has 3 rings (SSSR count). The number of nitrogens with one attached hydrogen (secondary N) is 1. The van der Waals surface area contributed by atoms with Gasteiger partial charge in [0.15, 0.2) is 5.75 Å². The predicted molar refractivity (Wildman–Crippen MR) is 114 cm³/mol. The quantitative estimate of drug-likeness (QED) is 0.474. The third-order valence-electron chi connectivity index (χ3n) is 4.26. The molecule has 0 saturated carbocycles. The van der Waals surface area contributed by atoms with E-state index in [4.69, 9.17) is 4.74 Å². The van der Waals surface area contributed by atoms with E-state index in [1.165, 1.54) is 6.08 Å². The first-order chi connectivity index (χ1) is 13.9. The van der Waals surface area contributed by atoms with Crippen molar-refractivity contribution in [1.29, 1.82) is 0 Å². The zero-order valence-corrected chi connectivity index (χ0v) is 17.0. The highest BCUT2D eigenvalue weighted by molar-refractivity contribution is 7.92. The fourth-order valence-electron chi connectivity index (χ4n) is 2.74. The molecule has 1 heterocycles. The number of para-hydroxylation sites is 1. The molecular formula is C22H22N2O4S. The summed E-state index contributed by atoms with van der Waals surface area (Å²) in [5.74, 6) is -0.710. The van der Waals surface area contributed by atoms with Gasteiger partial charge in [0.05, 0.1) is 0 Å². The second-order valence-electron chi connectivity index (χ2n) is 6.85. The maximum absolute atomic E-state index is 12.7. The van der Waals surface area contributed by atoms with Crippen LogP contribution in [0.25, 0.3) is 17.0 Å². The van der Waals surface area contributed by atoms with E-state index in [2.05, 4.69) is 9.71 Å². The Morgan fingerprint density at radius 3 is 2.48 bits per heavy atom. The van der Waals surface area contributed by atoms with Gasteiger partial charge in [0, 0.05) is 17.0 Å². The lowest BCUT2D eigenvalue weighted by atomic mass is 10.1. The SMILES string of the molecule is CC(C)[C@H](NS(=O)(=O)C=Cc1ccccc1)C(=O)Oc1cccc2cccnc12. The highest BCUT2D eigenvalue weighted by Gasteiger charge is 2.28. The summed E-state index contributed by atoms with van der Waals surface area (Å²) in [4.78, 5) is 17.0. The van der Waals surface area contributed by atoms with Crippen LogP contribution >= 0.6 is 0 Å². The van der Waals surface area contributed by atoms with Crippen molar-refractivity contribution in [2.24, 2.45) is 5.92 Å². The van der Waals surface area contributed by atoms with Crippen molar-refractivity contribution in [3.63, 3.8) is 0 Å². The number of nitrogens with zero attached hydrogens (tertiary/aromatic N) is 1. The maximum Gasteiger partial charge on any atom is 0.329 e. The van der Waals surface area contributed by atoms with E-state index in [1.54, 1.807) is 50.4 Å². The van der Waals surface area contributed by atoms with Gasteiger partial charge in [-0.1, -0.05) is 62.4 Å². The first-order valence-corrected chi connectivity index (χ1v) is 10.7. The number of pyridine rings is 1. The second-order valence-corrected chi connectivity index (χ2v) is 8.45. The zero-order chi connectivity index (χ0) is 20.9. The number of carbonyl (C=O) groups is 1. The minimum atomic E-state index is -3.85. The lowest BCUT2D eigenvalue weighted by Crippen LogP contribution is -2.45. The Balaban J connectivity index is 1.78. The van der Waals surface area contributed by atoms with Crippen LogP contribution in [0.15, 0.2) is 72.3 Å². The highest BCUT2D eigenvalue weighted by Crippen LogP contribution is 2.24. The molecule has 0 unspecified atom stereocenters. The number of hydrogen-bond acceptors (Lipinski definition) is 5. The van der Waals surface area contributed by atoms with E-state index in [0.29, 0.717) is 5.52 Å². The molecule has 7 heteroatoms. The first kappa shape index (κ1) is 20.7. The van der Waals surface area contributed by atoms with Gasteiger partial charge in [0.25, 0.3) is 0 Å². The Kier molecular flexibility index (Phi) is 6.41. The standard InChI is InChI=1S/C22H22N2O4S/c1-16(2)20(24-29(26,27)15-13-17-8-4-3-5-9-17)22(25)28-19-12-6-10-18-11-7-14-23-21(18)19/h3-16,20,24H,1-2H3/t20-/m0/s1. The molecule has 0 saturated heterocycles. The Morgan fingerprint density at radius 1 is 1.03 bits per heavy atom. The average molecular weight is 410 g/mol. The second kappa shape index (κ2) is 8.98. The van der Waals surface area contributed by atoms with Gasteiger partial charge in [0.1, 0.15) is 11.6 Å². The molecular weight excluding hydrogens is 388 g/mol. The van der Waals surface area contributed by atoms with Crippen molar-refractivity contribution >= 4 is 33.0 Å². The van der Waals surface area contributed by atoms with Crippen molar-refractivity contribution in [1.82, 2.24) is 9.71 Å². The Labute approximate surface area is 170 Å². The zero-order valence-electron chi connectivity index (χ0n) is 16.1. The van der Waals surface area contributed by atoms with Crippen LogP contribution in [0.1, 0.15) is 19.4 Å². The van der Waals surface area contributed by atoms with E-state index in [1.807, 2.05) is 30.3 Å². The lowest BCUT2D eigenvalue weighted by molar-refractivity contribution is -0.137. The topological polar surface area (TPSA) is 85.4 Å². The molecule has 0 amide bonds. The van der Waals surface area contributed by atoms with Crippen molar-refractivity contribution in [3.05, 3.63) is 77.8 Å². The van der Waals surface area contributed by atoms with Gasteiger partial charge in [-0.2, -0.15) is 4.72 Å². The largest absolute Gasteiger partial charge is 0.423 e. The van der Waals surface area contributed by atoms with Crippen LogP contribution in [-0.4, -0.2) is 25.4 Å². The number of rotatable bonds is 7. The maximum atomic E-state index is 12.7. The molecule has 0 fully saturated rings. The summed E-state index contributed by atoms with van der Waals surface area (Å²) in [7, 11) is -3.85. The summed E-state index contributed by atoms with van der Waals surface area (Å²) in [6, 6.07) is 16.9. The fraction of sp³-hybridized carbons (Fsp3) is 0.182. The number of carbonyl (C=O) groups excluding carboxylic acids is 1. The van der Waals surface area contributed by atoms with Crippen molar-refractivity contribution in [3.8, 4) is 5.75 Å². The molecule has 0 aliphatic heterocycles. The van der Waals surface area contributed by atoms with Crippen LogP contribution in [0.2, 0.25) is 0 Å². The Morgan fingerprint density at radius 2 is 1.76 bits per heavy atom. The van der Waals surface area contributed by atoms with Crippen LogP contribution in [0, 0.1) is 5.92 Å². The third kappa shape index (κ3) is 5.49. The Hall–Kier alpha value is -3.03. The molecule has 29 heavy (non-hydrogen) atoms. The van der Waals surface area contributed by atoms with Crippen LogP contribution in [0.3, 0.4) is 0 Å². The van der Waals surface area contributed by atoms with E-state index in [-0.39, 0.29) is 11.7 Å². The van der Waals surface area contributed by atoms with Gasteiger partial charge in [-0.15, -0.1) is 0 Å². The molecule has 1 aromatic heterocycles. The lowest BCUT2D eigenvalue weighted by Gasteiger charge is -2.20. The van der Waals surface area contributed by atoms with Gasteiger partial charge in [-0.3, -0.25) is 4.98 Å². The molecule has 0 bridgehead atoms. The van der Waals surface area contributed by atoms with Crippen LogP contribution in [0.5, 0.6) is 5.75 Å². The number of fused-ring (bicyclic) bond motifs is 1. The van der Waals surface area contributed by atoms with Gasteiger partial charge in [0.2, 0.25) is 10.0 Å². The molecule has 6 nitrogen and oxygen atoms in total. The van der Waals surface area contributed by atoms with E-state index < -0.39 is 22.0 Å². The van der Waals surface area contributed by atoms with Gasteiger partial charge in [-0.05, 0) is 29.7 Å². The number of aromatic nitrogens is 1. The predicted octanol–water partition coefficient (Wildman–Crippen LogP) is 3.76. The van der Waals surface area contributed by atoms with Gasteiger partial charge >= 0.3 is 5.97 Å². The fourth-order valence-corrected chi connectivity index (χ4v) is 3.87. The van der Waals surface area contributed by atoms with Crippen molar-refractivity contribution in [2.75, 3.05) is 0 Å². The molecule has 2 aromatic carbocycles. The number of ether oxygens (including phenoxy) is 1. The van der Waals surface area contributed by atoms with Crippen LogP contribution in [-0.2, 0) is 14.8 Å². The molecule has 1 atom stereocenters. The summed E-state index contributed by atoms with van der Waals surface area (Å²) >= 11 is 0. The van der Waals surface area contributed by atoms with Gasteiger partial charge < -0.3 is 4.74 Å². The average Bonchev–Trinajstić information content (AvgIpc) is 2.71. The molecule has 0 radical (unpaired) electrons. The first-order valence-electron chi connectivity index (χ1n) is 9.16. The van der Waals surface area contributed by atoms with Gasteiger partial charge in [-0.25, -0.2) is 13.2 Å². The smallest absolute Gasteiger partial charge is 0.329 e. The van der Waals surface area contributed by atoms with E-state index in [9.17, 15) is 13.2 Å². The molecule has 3 aromatic rings. The third-order valence-corrected chi connectivity index (χ3v) is 5.33. The summed E-state index contributed by atoms with van der Waals surface area (Å²) < 4.78 is 32.9. The summed E-state index contributed by atoms with van der Waals surface area (Å²) in [6.45, 7) is 3.49. The van der Waals surface area contributed by atoms with Crippen molar-refractivity contribution < 1.29 is 17.9 Å². The number of sulfonamides is 1. The summed E-state index contributed by atoms with van der Waals surface area (Å²) in [5.41, 5.74) is 1.28. The minimum absolute atomic E-state index is 0.290. The van der Waals surface area contributed by atoms with Crippen LogP contribution in [0.4, 0.5) is 0 Å². The van der Waals surface area contributed by atoms with E-state index >= 15 is 0 Å². The van der Waals surface area contributed by atoms with Crippen LogP contribution < -0.4 is 9.46 Å². The monoisotopic (exact) mass is 410 g/mol. The van der Waals surface area contributed by atoms with Crippen molar-refractivity contribution in [2.45, 2.75) is 19.9 Å². The molecule has 0 spiro atoms. The summed E-state index contributed by atoms with van der Waals surface area (Å²) in [5, 5.41) is 1.87. The Bertz CT molecular complexity index is 1120. The number of esters is 1. The molecule has 150 valence electrons. The molecule has 1 N–H and O–H groups in total. The highest BCUT2D eigenvalue weighted by atomic mass is 32.2. The molecule has 0 aliphatic rings. The summed E-state index contributed by atoms with van der Waals surface area (Å²) in [6.07, 6.45) is 3.08. The minimum Gasteiger partial charge on any atom is -0.423 e. The normalized spacial score (nSPS) is 13.1. The molecule has 0 aliphatic carbocycles. The number of hydrogen-bond donors (Lipinski definition) is 1.